The van der Waals surface area contributed by atoms with Crippen LogP contribution in [0.3, 0.4) is 0 Å². The zero-order valence-corrected chi connectivity index (χ0v) is 13.0. The summed E-state index contributed by atoms with van der Waals surface area (Å²) in [5.74, 6) is 0.795. The van der Waals surface area contributed by atoms with Gasteiger partial charge in [0.05, 0.1) is 24.8 Å². The zero-order chi connectivity index (χ0) is 15.6. The standard InChI is InChI=1S/C16H21N3O3/c1-3-22-15-18-13-5-4-12(21-2)10-14(13)19(15)9-8-16(6-7-16)17-11-20/h4-5,10-11H,3,6-9H2,1-2H3,(H,17,20). The molecule has 1 aliphatic carbocycles. The third kappa shape index (κ3) is 2.73. The molecule has 0 atom stereocenters. The second-order valence-electron chi connectivity index (χ2n) is 5.63. The Bertz CT molecular complexity index is 677. The molecule has 2 aromatic rings. The minimum atomic E-state index is -0.0410. The Labute approximate surface area is 129 Å². The number of nitrogens with zero attached hydrogens (tertiary/aromatic N) is 2. The van der Waals surface area contributed by atoms with Crippen LogP contribution >= 0.6 is 0 Å². The number of amides is 1. The Balaban J connectivity index is 1.90. The van der Waals surface area contributed by atoms with Gasteiger partial charge < -0.3 is 14.8 Å². The molecule has 0 aliphatic heterocycles. The number of aryl methyl sites for hydroxylation is 1. The van der Waals surface area contributed by atoms with E-state index in [0.717, 1.165) is 49.0 Å². The summed E-state index contributed by atoms with van der Waals surface area (Å²) in [6.45, 7) is 3.26. The minimum absolute atomic E-state index is 0.0410. The summed E-state index contributed by atoms with van der Waals surface area (Å²) in [6.07, 6.45) is 3.73. The van der Waals surface area contributed by atoms with Gasteiger partial charge in [0, 0.05) is 18.2 Å². The van der Waals surface area contributed by atoms with Crippen molar-refractivity contribution in [1.29, 1.82) is 0 Å². The van der Waals surface area contributed by atoms with E-state index in [0.29, 0.717) is 12.6 Å². The number of nitrogens with one attached hydrogen (secondary N) is 1. The van der Waals surface area contributed by atoms with Crippen molar-refractivity contribution >= 4 is 17.4 Å². The maximum absolute atomic E-state index is 10.7. The maximum atomic E-state index is 10.7. The number of carbonyl (C=O) groups is 1. The van der Waals surface area contributed by atoms with Crippen molar-refractivity contribution < 1.29 is 14.3 Å². The van der Waals surface area contributed by atoms with Crippen molar-refractivity contribution in [1.82, 2.24) is 14.9 Å². The molecule has 1 aromatic carbocycles. The summed E-state index contributed by atoms with van der Waals surface area (Å²) >= 11 is 0. The lowest BCUT2D eigenvalue weighted by atomic mass is 10.2. The molecule has 0 saturated heterocycles. The minimum Gasteiger partial charge on any atom is -0.497 e. The largest absolute Gasteiger partial charge is 0.497 e. The van der Waals surface area contributed by atoms with E-state index in [4.69, 9.17) is 9.47 Å². The second kappa shape index (κ2) is 5.87. The zero-order valence-electron chi connectivity index (χ0n) is 13.0. The lowest BCUT2D eigenvalue weighted by Gasteiger charge is -2.16. The molecule has 1 aliphatic rings. The van der Waals surface area contributed by atoms with Gasteiger partial charge >= 0.3 is 0 Å². The lowest BCUT2D eigenvalue weighted by molar-refractivity contribution is -0.110. The number of aromatic nitrogens is 2. The summed E-state index contributed by atoms with van der Waals surface area (Å²) in [4.78, 5) is 15.3. The SMILES string of the molecule is CCOc1nc2ccc(OC)cc2n1CCC1(NC=O)CC1. The summed E-state index contributed by atoms with van der Waals surface area (Å²) in [6, 6.07) is 6.42. The highest BCUT2D eigenvalue weighted by molar-refractivity contribution is 5.78. The highest BCUT2D eigenvalue weighted by atomic mass is 16.5. The summed E-state index contributed by atoms with van der Waals surface area (Å²) in [5.41, 5.74) is 1.84. The molecule has 0 bridgehead atoms. The van der Waals surface area contributed by atoms with E-state index in [-0.39, 0.29) is 5.54 Å². The van der Waals surface area contributed by atoms with Crippen molar-refractivity contribution in [3.63, 3.8) is 0 Å². The summed E-state index contributed by atoms with van der Waals surface area (Å²) in [5, 5.41) is 2.94. The Morgan fingerprint density at radius 3 is 2.91 bits per heavy atom. The van der Waals surface area contributed by atoms with E-state index in [1.807, 2.05) is 25.1 Å². The van der Waals surface area contributed by atoms with Crippen LogP contribution in [0.2, 0.25) is 0 Å². The number of carbonyl (C=O) groups excluding carboxylic acids is 1. The van der Waals surface area contributed by atoms with Crippen molar-refractivity contribution in [3.05, 3.63) is 18.2 Å². The third-order valence-electron chi connectivity index (χ3n) is 4.23. The number of imidazole rings is 1. The van der Waals surface area contributed by atoms with Crippen molar-refractivity contribution in [3.8, 4) is 11.8 Å². The van der Waals surface area contributed by atoms with E-state index < -0.39 is 0 Å². The van der Waals surface area contributed by atoms with Crippen LogP contribution in [0.4, 0.5) is 0 Å². The number of hydrogen-bond donors (Lipinski definition) is 1. The molecule has 1 aromatic heterocycles. The fourth-order valence-electron chi connectivity index (χ4n) is 2.73. The smallest absolute Gasteiger partial charge is 0.297 e. The highest BCUT2D eigenvalue weighted by Crippen LogP contribution is 2.39. The van der Waals surface area contributed by atoms with Gasteiger partial charge in [-0.3, -0.25) is 9.36 Å². The van der Waals surface area contributed by atoms with Gasteiger partial charge in [0.2, 0.25) is 6.41 Å². The van der Waals surface area contributed by atoms with Crippen LogP contribution in [-0.2, 0) is 11.3 Å². The van der Waals surface area contributed by atoms with Gasteiger partial charge in [-0.05, 0) is 38.3 Å². The van der Waals surface area contributed by atoms with Gasteiger partial charge in [-0.25, -0.2) is 0 Å². The normalized spacial score (nSPS) is 15.5. The molecule has 0 spiro atoms. The third-order valence-corrected chi connectivity index (χ3v) is 4.23. The first-order valence-electron chi connectivity index (χ1n) is 7.60. The van der Waals surface area contributed by atoms with Crippen LogP contribution in [0.15, 0.2) is 18.2 Å². The van der Waals surface area contributed by atoms with E-state index in [2.05, 4.69) is 14.9 Å². The van der Waals surface area contributed by atoms with Gasteiger partial charge in [0.15, 0.2) is 0 Å². The molecule has 6 nitrogen and oxygen atoms in total. The topological polar surface area (TPSA) is 65.4 Å². The molecular weight excluding hydrogens is 282 g/mol. The molecule has 6 heteroatoms. The van der Waals surface area contributed by atoms with Crippen LogP contribution in [0, 0.1) is 0 Å². The average Bonchev–Trinajstić information content (AvgIpc) is 3.20. The van der Waals surface area contributed by atoms with Gasteiger partial charge in [0.25, 0.3) is 6.01 Å². The first-order valence-corrected chi connectivity index (χ1v) is 7.60. The average molecular weight is 303 g/mol. The van der Waals surface area contributed by atoms with Crippen molar-refractivity contribution in [2.45, 2.75) is 38.3 Å². The van der Waals surface area contributed by atoms with E-state index in [1.165, 1.54) is 0 Å². The number of rotatable bonds is 8. The Kier molecular flexibility index (Phi) is 3.92. The molecule has 1 N–H and O–H groups in total. The van der Waals surface area contributed by atoms with Crippen molar-refractivity contribution in [2.75, 3.05) is 13.7 Å². The van der Waals surface area contributed by atoms with Crippen LogP contribution in [0.1, 0.15) is 26.2 Å². The molecule has 1 saturated carbocycles. The number of fused-ring (bicyclic) bond motifs is 1. The lowest BCUT2D eigenvalue weighted by Crippen LogP contribution is -2.31. The monoisotopic (exact) mass is 303 g/mol. The van der Waals surface area contributed by atoms with Gasteiger partial charge in [-0.15, -0.1) is 0 Å². The van der Waals surface area contributed by atoms with Crippen molar-refractivity contribution in [2.24, 2.45) is 0 Å². The predicted octanol–water partition coefficient (Wildman–Crippen LogP) is 2.11. The summed E-state index contributed by atoms with van der Waals surface area (Å²) in [7, 11) is 1.65. The molecule has 22 heavy (non-hydrogen) atoms. The Hall–Kier alpha value is -2.24. The maximum Gasteiger partial charge on any atom is 0.297 e. The number of hydrogen-bond acceptors (Lipinski definition) is 4. The second-order valence-corrected chi connectivity index (χ2v) is 5.63. The van der Waals surface area contributed by atoms with E-state index in [9.17, 15) is 4.79 Å². The molecule has 3 rings (SSSR count). The Morgan fingerprint density at radius 2 is 2.27 bits per heavy atom. The molecule has 1 fully saturated rings. The molecule has 1 amide bonds. The van der Waals surface area contributed by atoms with Gasteiger partial charge in [0.1, 0.15) is 5.75 Å². The van der Waals surface area contributed by atoms with Gasteiger partial charge in [-0.2, -0.15) is 4.98 Å². The molecule has 118 valence electrons. The van der Waals surface area contributed by atoms with Crippen LogP contribution in [0.5, 0.6) is 11.8 Å². The van der Waals surface area contributed by atoms with Crippen LogP contribution in [0.25, 0.3) is 11.0 Å². The molecule has 0 radical (unpaired) electrons. The number of methoxy groups -OCH3 is 1. The predicted molar refractivity (Wildman–Crippen MR) is 83.2 cm³/mol. The number of benzene rings is 1. The van der Waals surface area contributed by atoms with E-state index in [1.54, 1.807) is 7.11 Å². The molecule has 0 unspecified atom stereocenters. The number of ether oxygens (including phenoxy) is 2. The van der Waals surface area contributed by atoms with Gasteiger partial charge in [-0.1, -0.05) is 0 Å². The first kappa shape index (κ1) is 14.7. The quantitative estimate of drug-likeness (QED) is 0.759. The fraction of sp³-hybridized carbons (Fsp3) is 0.500. The molecular formula is C16H21N3O3. The molecule has 1 heterocycles. The van der Waals surface area contributed by atoms with Crippen LogP contribution < -0.4 is 14.8 Å². The fourth-order valence-corrected chi connectivity index (χ4v) is 2.73. The van der Waals surface area contributed by atoms with E-state index >= 15 is 0 Å². The summed E-state index contributed by atoms with van der Waals surface area (Å²) < 4.78 is 13.0. The Morgan fingerprint density at radius 1 is 1.45 bits per heavy atom. The van der Waals surface area contributed by atoms with Crippen LogP contribution in [-0.4, -0.2) is 35.2 Å². The first-order chi connectivity index (χ1) is 10.7. The highest BCUT2D eigenvalue weighted by Gasteiger charge is 2.41.